The van der Waals surface area contributed by atoms with Crippen LogP contribution in [0.25, 0.3) is 0 Å². The normalized spacial score (nSPS) is 11.3. The van der Waals surface area contributed by atoms with Crippen molar-refractivity contribution in [3.63, 3.8) is 0 Å². The molecule has 0 aromatic carbocycles. The van der Waals surface area contributed by atoms with E-state index in [1.807, 2.05) is 0 Å². The Balaban J connectivity index is 2.60. The molecule has 0 unspecified atom stereocenters. The number of hydrogen-bond acceptors (Lipinski definition) is 4. The van der Waals surface area contributed by atoms with E-state index < -0.39 is 0 Å². The van der Waals surface area contributed by atoms with E-state index >= 15 is 0 Å². The zero-order valence-electron chi connectivity index (χ0n) is 7.25. The summed E-state index contributed by atoms with van der Waals surface area (Å²) in [6.45, 7) is 0.485. The van der Waals surface area contributed by atoms with E-state index in [0.29, 0.717) is 6.54 Å². The van der Waals surface area contributed by atoms with Gasteiger partial charge < -0.3 is 15.8 Å². The van der Waals surface area contributed by atoms with Crippen molar-refractivity contribution in [1.82, 2.24) is 14.9 Å². The van der Waals surface area contributed by atoms with Crippen LogP contribution in [0.3, 0.4) is 0 Å². The minimum atomic E-state index is 0.0543. The number of aromatic nitrogens is 2. The maximum Gasteiger partial charge on any atom is 0.233 e. The molecule has 6 nitrogen and oxygen atoms in total. The minimum absolute atomic E-state index is 0.0543. The first-order valence-electron chi connectivity index (χ1n) is 3.67. The van der Waals surface area contributed by atoms with Crippen LogP contribution in [-0.4, -0.2) is 33.1 Å². The van der Waals surface area contributed by atoms with Gasteiger partial charge in [0, 0.05) is 13.2 Å². The molecule has 0 amide bonds. The molecule has 70 valence electrons. The average Bonchev–Trinajstić information content (AvgIpc) is 2.18. The van der Waals surface area contributed by atoms with Crippen LogP contribution in [0.1, 0.15) is 5.69 Å². The van der Waals surface area contributed by atoms with Gasteiger partial charge in [0.2, 0.25) is 5.96 Å². The number of guanidine groups is 1. The van der Waals surface area contributed by atoms with Crippen molar-refractivity contribution in [2.24, 2.45) is 10.9 Å². The lowest BCUT2D eigenvalue weighted by molar-refractivity contribution is 0.303. The van der Waals surface area contributed by atoms with Crippen LogP contribution < -0.4 is 5.73 Å². The molecule has 13 heavy (non-hydrogen) atoms. The molecule has 0 fully saturated rings. The fourth-order valence-electron chi connectivity index (χ4n) is 0.812. The lowest BCUT2D eigenvalue weighted by Gasteiger charge is -2.15. The Morgan fingerprint density at radius 2 is 2.54 bits per heavy atom. The molecule has 0 aliphatic rings. The van der Waals surface area contributed by atoms with Crippen molar-refractivity contribution in [3.8, 4) is 0 Å². The summed E-state index contributed by atoms with van der Waals surface area (Å²) in [7, 11) is 1.71. The molecule has 0 saturated heterocycles. The average molecular weight is 181 g/mol. The Morgan fingerprint density at radius 3 is 3.08 bits per heavy atom. The molecule has 6 heteroatoms. The van der Waals surface area contributed by atoms with Crippen molar-refractivity contribution in [2.75, 3.05) is 7.05 Å². The predicted molar refractivity (Wildman–Crippen MR) is 46.9 cm³/mol. The minimum Gasteiger partial charge on any atom is -0.408 e. The van der Waals surface area contributed by atoms with E-state index in [2.05, 4.69) is 15.1 Å². The van der Waals surface area contributed by atoms with Crippen molar-refractivity contribution in [2.45, 2.75) is 6.54 Å². The molecule has 1 aromatic rings. The second-order valence-electron chi connectivity index (χ2n) is 2.51. The standard InChI is InChI=1S/C7H11N5O/c1-12(7(8)11-13)4-6-2-3-9-5-10-6/h2-3,5,13H,4H2,1H3,(H2,8,11). The van der Waals surface area contributed by atoms with Crippen LogP contribution >= 0.6 is 0 Å². The highest BCUT2D eigenvalue weighted by Gasteiger charge is 2.03. The number of rotatable bonds is 2. The monoisotopic (exact) mass is 181 g/mol. The van der Waals surface area contributed by atoms with E-state index in [0.717, 1.165) is 5.69 Å². The summed E-state index contributed by atoms with van der Waals surface area (Å²) in [5.74, 6) is 0.0543. The Labute approximate surface area is 75.7 Å². The number of oxime groups is 1. The third-order valence-electron chi connectivity index (χ3n) is 1.54. The van der Waals surface area contributed by atoms with Gasteiger partial charge in [0.25, 0.3) is 0 Å². The summed E-state index contributed by atoms with van der Waals surface area (Å²) in [5, 5.41) is 11.2. The first-order chi connectivity index (χ1) is 6.24. The van der Waals surface area contributed by atoms with Gasteiger partial charge in [-0.15, -0.1) is 0 Å². The molecule has 1 heterocycles. The van der Waals surface area contributed by atoms with Crippen molar-refractivity contribution >= 4 is 5.96 Å². The lowest BCUT2D eigenvalue weighted by atomic mass is 10.4. The summed E-state index contributed by atoms with van der Waals surface area (Å²) in [4.78, 5) is 9.34. The van der Waals surface area contributed by atoms with Crippen LogP contribution in [0.5, 0.6) is 0 Å². The fraction of sp³-hybridized carbons (Fsp3) is 0.286. The summed E-state index contributed by atoms with van der Waals surface area (Å²) in [6.07, 6.45) is 3.10. The summed E-state index contributed by atoms with van der Waals surface area (Å²) in [5.41, 5.74) is 6.16. The van der Waals surface area contributed by atoms with Crippen LogP contribution in [0.4, 0.5) is 0 Å². The molecule has 1 aromatic heterocycles. The van der Waals surface area contributed by atoms with Crippen LogP contribution in [-0.2, 0) is 6.54 Å². The van der Waals surface area contributed by atoms with Crippen molar-refractivity contribution in [3.05, 3.63) is 24.3 Å². The van der Waals surface area contributed by atoms with Gasteiger partial charge in [-0.05, 0) is 6.07 Å². The number of nitrogens with zero attached hydrogens (tertiary/aromatic N) is 4. The van der Waals surface area contributed by atoms with Crippen LogP contribution in [0.2, 0.25) is 0 Å². The quantitative estimate of drug-likeness (QED) is 0.281. The first kappa shape index (κ1) is 9.24. The summed E-state index contributed by atoms with van der Waals surface area (Å²) in [6, 6.07) is 1.77. The smallest absolute Gasteiger partial charge is 0.233 e. The molecule has 0 aliphatic carbocycles. The Kier molecular flexibility index (Phi) is 3.02. The Morgan fingerprint density at radius 1 is 1.77 bits per heavy atom. The summed E-state index contributed by atoms with van der Waals surface area (Å²) >= 11 is 0. The highest BCUT2D eigenvalue weighted by atomic mass is 16.4. The van der Waals surface area contributed by atoms with Gasteiger partial charge in [0.15, 0.2) is 0 Å². The largest absolute Gasteiger partial charge is 0.408 e. The third kappa shape index (κ3) is 2.58. The van der Waals surface area contributed by atoms with E-state index in [4.69, 9.17) is 10.9 Å². The maximum absolute atomic E-state index is 8.37. The molecular weight excluding hydrogens is 170 g/mol. The fourth-order valence-corrected chi connectivity index (χ4v) is 0.812. The third-order valence-corrected chi connectivity index (χ3v) is 1.54. The van der Waals surface area contributed by atoms with E-state index in [9.17, 15) is 0 Å². The summed E-state index contributed by atoms with van der Waals surface area (Å²) < 4.78 is 0. The topological polar surface area (TPSA) is 87.6 Å². The molecular formula is C7H11N5O. The molecule has 0 bridgehead atoms. The van der Waals surface area contributed by atoms with Crippen molar-refractivity contribution in [1.29, 1.82) is 0 Å². The molecule has 0 saturated carbocycles. The highest BCUT2D eigenvalue weighted by molar-refractivity contribution is 5.76. The highest BCUT2D eigenvalue weighted by Crippen LogP contribution is 1.96. The molecule has 0 atom stereocenters. The van der Waals surface area contributed by atoms with Gasteiger partial charge in [-0.3, -0.25) is 0 Å². The maximum atomic E-state index is 8.37. The SMILES string of the molecule is CN(Cc1ccncn1)/C(N)=N/O. The van der Waals surface area contributed by atoms with Gasteiger partial charge in [-0.25, -0.2) is 9.97 Å². The Bertz CT molecular complexity index is 286. The first-order valence-corrected chi connectivity index (χ1v) is 3.67. The number of hydrogen-bond donors (Lipinski definition) is 2. The second-order valence-corrected chi connectivity index (χ2v) is 2.51. The van der Waals surface area contributed by atoms with Crippen molar-refractivity contribution < 1.29 is 5.21 Å². The number of nitrogens with two attached hydrogens (primary N) is 1. The molecule has 3 N–H and O–H groups in total. The van der Waals surface area contributed by atoms with Gasteiger partial charge in [0.1, 0.15) is 6.33 Å². The molecule has 0 radical (unpaired) electrons. The zero-order chi connectivity index (χ0) is 9.68. The second kappa shape index (κ2) is 4.24. The lowest BCUT2D eigenvalue weighted by Crippen LogP contribution is -2.33. The zero-order valence-corrected chi connectivity index (χ0v) is 7.25. The molecule has 0 spiro atoms. The van der Waals surface area contributed by atoms with E-state index in [-0.39, 0.29) is 5.96 Å². The van der Waals surface area contributed by atoms with E-state index in [1.54, 1.807) is 24.2 Å². The predicted octanol–water partition coefficient (Wildman–Crippen LogP) is -0.388. The Hall–Kier alpha value is -1.85. The van der Waals surface area contributed by atoms with Gasteiger partial charge in [0.05, 0.1) is 12.2 Å². The van der Waals surface area contributed by atoms with Crippen LogP contribution in [0.15, 0.2) is 23.7 Å². The van der Waals surface area contributed by atoms with Gasteiger partial charge in [-0.2, -0.15) is 0 Å². The van der Waals surface area contributed by atoms with Crippen LogP contribution in [0, 0.1) is 0 Å². The van der Waals surface area contributed by atoms with Gasteiger partial charge >= 0.3 is 0 Å². The van der Waals surface area contributed by atoms with Gasteiger partial charge in [-0.1, -0.05) is 5.16 Å². The van der Waals surface area contributed by atoms with E-state index in [1.165, 1.54) is 6.33 Å². The molecule has 1 rings (SSSR count). The molecule has 0 aliphatic heterocycles.